The summed E-state index contributed by atoms with van der Waals surface area (Å²) in [6.07, 6.45) is 36.2. The van der Waals surface area contributed by atoms with E-state index >= 15 is 0 Å². The molecule has 0 spiro atoms. The second kappa shape index (κ2) is 66.8. The molecule has 92 heavy (non-hydrogen) atoms. The smallest absolute Gasteiger partial charge is 0.756 e. The van der Waals surface area contributed by atoms with Crippen molar-refractivity contribution in [3.63, 3.8) is 0 Å². The third kappa shape index (κ3) is 63.3. The molecule has 0 aliphatic heterocycles. The molecule has 0 aromatic heterocycles. The van der Waals surface area contributed by atoms with Gasteiger partial charge < -0.3 is 62.4 Å². The molecule has 24 heteroatoms. The molecule has 20 nitrogen and oxygen atoms in total. The van der Waals surface area contributed by atoms with Gasteiger partial charge in [-0.3, -0.25) is 28.3 Å². The molecule has 0 amide bonds. The minimum absolute atomic E-state index is 0. The van der Waals surface area contributed by atoms with E-state index in [-0.39, 0.29) is 90.8 Å². The molecule has 0 saturated carbocycles. The SMILES string of the molecule is CCCCCCCCCCCC(=O)OCC(COP(=O)([O-])OCC(O)COP(=O)([O-])OCC(COC(=O)CCCCCCCCCCC)OC(=O)CCCCCCCCCCC)OC(=O)CCCCCCCCCCC.CCCCOC(=O)c1ccc(N)cc1.[Na+].[Na+]. The first-order valence-corrected chi connectivity index (χ1v) is 37.9. The number of esters is 5. The number of nitrogen functional groups attached to an aromatic ring is 1. The van der Waals surface area contributed by atoms with Gasteiger partial charge in [-0.1, -0.05) is 247 Å². The van der Waals surface area contributed by atoms with Crippen LogP contribution in [-0.4, -0.2) is 99.5 Å². The minimum atomic E-state index is -5.20. The first-order valence-electron chi connectivity index (χ1n) is 35.0. The van der Waals surface area contributed by atoms with Crippen LogP contribution >= 0.6 is 15.6 Å². The largest absolute Gasteiger partial charge is 1.00 e. The van der Waals surface area contributed by atoms with Crippen molar-refractivity contribution in [1.82, 2.24) is 0 Å². The predicted molar refractivity (Wildman–Crippen MR) is 350 cm³/mol. The third-order valence-corrected chi connectivity index (χ3v) is 16.8. The topological polar surface area (TPSA) is 295 Å². The Morgan fingerprint density at radius 3 is 0.935 bits per heavy atom. The Balaban J connectivity index is -0.00000433. The number of hydrogen-bond donors (Lipinski definition) is 2. The van der Waals surface area contributed by atoms with E-state index in [2.05, 4.69) is 34.6 Å². The molecule has 0 radical (unpaired) electrons. The van der Waals surface area contributed by atoms with Gasteiger partial charge in [-0.25, -0.2) is 4.79 Å². The number of carbonyl (C=O) groups is 5. The van der Waals surface area contributed by atoms with Gasteiger partial charge >= 0.3 is 89.0 Å². The van der Waals surface area contributed by atoms with Crippen LogP contribution in [0.15, 0.2) is 24.3 Å². The van der Waals surface area contributed by atoms with Crippen LogP contribution in [-0.2, 0) is 70.1 Å². The van der Waals surface area contributed by atoms with Gasteiger partial charge in [-0.05, 0) is 56.4 Å². The summed E-state index contributed by atoms with van der Waals surface area (Å²) in [5.41, 5.74) is 6.70. The van der Waals surface area contributed by atoms with Gasteiger partial charge in [0.2, 0.25) is 0 Å². The number of rotatable bonds is 62. The van der Waals surface area contributed by atoms with Gasteiger partial charge in [0, 0.05) is 31.4 Å². The normalized spacial score (nSPS) is 13.3. The van der Waals surface area contributed by atoms with E-state index in [4.69, 9.17) is 47.5 Å². The third-order valence-electron chi connectivity index (χ3n) is 15.0. The Hall–Kier alpha value is -1.45. The van der Waals surface area contributed by atoms with Crippen LogP contribution in [0.2, 0.25) is 0 Å². The zero-order valence-electron chi connectivity index (χ0n) is 58.5. The molecule has 0 heterocycles. The maximum absolute atomic E-state index is 12.8. The molecule has 0 saturated heterocycles. The molecule has 3 N–H and O–H groups in total. The van der Waals surface area contributed by atoms with Crippen molar-refractivity contribution in [2.75, 3.05) is 52.0 Å². The average Bonchev–Trinajstić information content (AvgIpc) is 2.15. The van der Waals surface area contributed by atoms with E-state index in [1.54, 1.807) is 24.3 Å². The number of aliphatic hydroxyl groups is 1. The van der Waals surface area contributed by atoms with Crippen LogP contribution in [0.3, 0.4) is 0 Å². The molecule has 0 aliphatic rings. The van der Waals surface area contributed by atoms with Crippen LogP contribution in [0.25, 0.3) is 0 Å². The molecule has 0 fully saturated rings. The molecule has 1 aromatic rings. The van der Waals surface area contributed by atoms with E-state index in [0.717, 1.165) is 116 Å². The van der Waals surface area contributed by atoms with E-state index in [1.165, 1.54) is 103 Å². The standard InChI is InChI=1S/C57H110O17P2.C11H15NO2.2Na/c1-5-9-13-17-21-25-29-33-37-41-54(59)67-47-52(73-56(61)43-39-35-31-27-23-19-15-11-7-3)49-71-75(63,64)69-45-51(58)46-70-76(65,66)72-50-53(74-57(62)44-40-36-32-28-24-20-16-12-8-4)48-68-55(60)42-38-34-30-26-22-18-14-10-6-2;1-2-3-8-14-11(13)9-4-6-10(12)7-5-9;;/h51-53,58H,5-50H2,1-4H3,(H,63,64)(H,65,66);4-7H,2-3,8,12H2,1H3;;/q;;2*+1/p-2. The zero-order chi connectivity index (χ0) is 66.6. The summed E-state index contributed by atoms with van der Waals surface area (Å²) in [5, 5.41) is 10.4. The van der Waals surface area contributed by atoms with Gasteiger partial charge in [0.25, 0.3) is 15.6 Å². The molecular weight excluding hydrogens is 1240 g/mol. The molecular formula is C68H123NNa2O19P2. The molecule has 4 unspecified atom stereocenters. The fourth-order valence-corrected chi connectivity index (χ4v) is 11.0. The van der Waals surface area contributed by atoms with Crippen molar-refractivity contribution in [2.45, 2.75) is 323 Å². The Kier molecular flexibility index (Phi) is 68.8. The van der Waals surface area contributed by atoms with Gasteiger partial charge in [0.05, 0.1) is 38.6 Å². The molecule has 4 atom stereocenters. The number of anilines is 1. The van der Waals surface area contributed by atoms with Gasteiger partial charge in [-0.2, -0.15) is 0 Å². The molecule has 1 rings (SSSR count). The van der Waals surface area contributed by atoms with Crippen LogP contribution in [0.4, 0.5) is 5.69 Å². The van der Waals surface area contributed by atoms with Crippen molar-refractivity contribution >= 4 is 51.2 Å². The van der Waals surface area contributed by atoms with E-state index in [9.17, 15) is 48.0 Å². The van der Waals surface area contributed by atoms with Gasteiger partial charge in [0.1, 0.15) is 19.3 Å². The average molecular weight is 1370 g/mol. The number of unbranched alkanes of at least 4 members (excludes halogenated alkanes) is 33. The fourth-order valence-electron chi connectivity index (χ4n) is 9.40. The number of carbonyl (C=O) groups excluding carboxylic acids is 5. The van der Waals surface area contributed by atoms with Crippen molar-refractivity contribution in [3.05, 3.63) is 29.8 Å². The number of benzene rings is 1. The Morgan fingerprint density at radius 2 is 0.641 bits per heavy atom. The van der Waals surface area contributed by atoms with Crippen molar-refractivity contribution in [1.29, 1.82) is 0 Å². The number of phosphoric ester groups is 2. The van der Waals surface area contributed by atoms with Crippen LogP contribution in [0.1, 0.15) is 315 Å². The van der Waals surface area contributed by atoms with Crippen molar-refractivity contribution in [2.24, 2.45) is 0 Å². The second-order valence-electron chi connectivity index (χ2n) is 23.7. The van der Waals surface area contributed by atoms with Crippen LogP contribution in [0, 0.1) is 0 Å². The molecule has 1 aromatic carbocycles. The van der Waals surface area contributed by atoms with Crippen LogP contribution < -0.4 is 74.6 Å². The summed E-state index contributed by atoms with van der Waals surface area (Å²) >= 11 is 0. The molecule has 0 bridgehead atoms. The van der Waals surface area contributed by atoms with Crippen LogP contribution in [0.5, 0.6) is 0 Å². The minimum Gasteiger partial charge on any atom is -0.756 e. The maximum atomic E-state index is 12.8. The van der Waals surface area contributed by atoms with E-state index < -0.39 is 97.5 Å². The number of nitrogens with two attached hydrogens (primary N) is 1. The summed E-state index contributed by atoms with van der Waals surface area (Å²) in [5.74, 6) is -2.52. The summed E-state index contributed by atoms with van der Waals surface area (Å²) in [7, 11) is -10.4. The monoisotopic (exact) mass is 1370 g/mol. The number of phosphoric acid groups is 2. The van der Waals surface area contributed by atoms with Crippen molar-refractivity contribution < 1.29 is 149 Å². The van der Waals surface area contributed by atoms with E-state index in [0.29, 0.717) is 43.5 Å². The Labute approximate surface area is 600 Å². The summed E-state index contributed by atoms with van der Waals surface area (Å²) in [6, 6.07) is 6.72. The number of hydrogen-bond acceptors (Lipinski definition) is 20. The maximum Gasteiger partial charge on any atom is 1.00 e. The van der Waals surface area contributed by atoms with Gasteiger partial charge in [-0.15, -0.1) is 0 Å². The summed E-state index contributed by atoms with van der Waals surface area (Å²) in [6.45, 7) is 6.90. The zero-order valence-corrected chi connectivity index (χ0v) is 64.2. The summed E-state index contributed by atoms with van der Waals surface area (Å²) in [4.78, 5) is 87.6. The second-order valence-corrected chi connectivity index (χ2v) is 26.6. The molecule has 526 valence electrons. The fraction of sp³-hybridized carbons (Fsp3) is 0.838. The van der Waals surface area contributed by atoms with Gasteiger partial charge in [0.15, 0.2) is 12.2 Å². The quantitative estimate of drug-likeness (QED) is 0.0153. The summed E-state index contributed by atoms with van der Waals surface area (Å²) < 4.78 is 71.7. The Morgan fingerprint density at radius 1 is 0.380 bits per heavy atom. The number of aliphatic hydroxyl groups excluding tert-OH is 1. The first kappa shape index (κ1) is 94.7. The van der Waals surface area contributed by atoms with Crippen molar-refractivity contribution in [3.8, 4) is 0 Å². The predicted octanol–water partition coefficient (Wildman–Crippen LogP) is 10.2. The first-order chi connectivity index (χ1) is 43.4. The molecule has 0 aliphatic carbocycles. The Bertz CT molecular complexity index is 1900. The number of ether oxygens (including phenoxy) is 5. The van der Waals surface area contributed by atoms with E-state index in [1.807, 2.05) is 0 Å².